The maximum absolute atomic E-state index is 9.35. The third-order valence-electron chi connectivity index (χ3n) is 2.00. The maximum atomic E-state index is 9.35. The first-order chi connectivity index (χ1) is 6.80. The van der Waals surface area contributed by atoms with E-state index in [1.807, 2.05) is 20.8 Å². The van der Waals surface area contributed by atoms with Crippen LogP contribution in [0.25, 0.3) is 0 Å². The summed E-state index contributed by atoms with van der Waals surface area (Å²) < 4.78 is 4.83. The normalized spacial score (nSPS) is 11.3. The van der Waals surface area contributed by atoms with Crippen molar-refractivity contribution in [1.29, 1.82) is 0 Å². The van der Waals surface area contributed by atoms with Gasteiger partial charge < -0.3 is 19.8 Å². The van der Waals surface area contributed by atoms with E-state index in [1.165, 1.54) is 12.1 Å². The van der Waals surface area contributed by atoms with Crippen LogP contribution in [-0.4, -0.2) is 22.5 Å². The summed E-state index contributed by atoms with van der Waals surface area (Å²) in [6, 6.07) is 4.50. The Morgan fingerprint density at radius 1 is 1.20 bits per heavy atom. The lowest BCUT2D eigenvalue weighted by Crippen LogP contribution is -2.23. The lowest BCUT2D eigenvalue weighted by Gasteiger charge is -2.23. The molecule has 1 aromatic carbocycles. The van der Waals surface area contributed by atoms with Crippen molar-refractivity contribution in [3.63, 3.8) is 0 Å². The fraction of sp³-hybridized carbons (Fsp3) is 0.400. The molecule has 0 saturated carbocycles. The first-order valence-corrected chi connectivity index (χ1v) is 4.67. The molecule has 0 aliphatic carbocycles. The van der Waals surface area contributed by atoms with Gasteiger partial charge in [-0.1, -0.05) is 20.8 Å². The molecule has 0 spiro atoms. The van der Waals surface area contributed by atoms with Gasteiger partial charge in [-0.05, 0) is 23.6 Å². The predicted octanol–water partition coefficient (Wildman–Crippen LogP) is 1.04. The summed E-state index contributed by atoms with van der Waals surface area (Å²) in [7, 11) is -1.85. The van der Waals surface area contributed by atoms with Gasteiger partial charge in [-0.3, -0.25) is 0 Å². The van der Waals surface area contributed by atoms with Crippen LogP contribution in [0.1, 0.15) is 26.3 Å². The van der Waals surface area contributed by atoms with Crippen molar-refractivity contribution in [3.8, 4) is 11.5 Å². The average Bonchev–Trinajstić information content (AvgIpc) is 2.05. The highest BCUT2D eigenvalue weighted by molar-refractivity contribution is 6.33. The van der Waals surface area contributed by atoms with Gasteiger partial charge in [0.15, 0.2) is 0 Å². The zero-order chi connectivity index (χ0) is 11.6. The molecule has 3 N–H and O–H groups in total. The third kappa shape index (κ3) is 3.14. The first kappa shape index (κ1) is 11.9. The summed E-state index contributed by atoms with van der Waals surface area (Å²) in [5, 5.41) is 26.8. The van der Waals surface area contributed by atoms with E-state index in [9.17, 15) is 5.11 Å². The molecule has 0 saturated heterocycles. The highest BCUT2D eigenvalue weighted by Crippen LogP contribution is 2.33. The molecule has 0 fully saturated rings. The van der Waals surface area contributed by atoms with Crippen LogP contribution in [0.5, 0.6) is 11.5 Å². The van der Waals surface area contributed by atoms with Gasteiger partial charge >= 0.3 is 7.32 Å². The molecular formula is C10H15BO4. The van der Waals surface area contributed by atoms with E-state index in [2.05, 4.69) is 0 Å². The second-order valence-corrected chi connectivity index (χ2v) is 4.37. The van der Waals surface area contributed by atoms with Crippen LogP contribution >= 0.6 is 0 Å². The molecule has 0 aliphatic rings. The molecule has 5 heteroatoms. The molecule has 1 rings (SSSR count). The number of hydrogen-bond acceptors (Lipinski definition) is 4. The molecule has 15 heavy (non-hydrogen) atoms. The summed E-state index contributed by atoms with van der Waals surface area (Å²) >= 11 is 0. The number of phenolic OH excluding ortho intramolecular Hbond substituents is 1. The molecule has 0 aromatic heterocycles. The van der Waals surface area contributed by atoms with Crippen LogP contribution in [0.4, 0.5) is 0 Å². The highest BCUT2D eigenvalue weighted by atomic mass is 16.6. The quantitative estimate of drug-likeness (QED) is 0.637. The summed E-state index contributed by atoms with van der Waals surface area (Å²) in [5.41, 5.74) is 0.471. The number of rotatable bonds is 2. The van der Waals surface area contributed by atoms with Crippen molar-refractivity contribution < 1.29 is 19.8 Å². The van der Waals surface area contributed by atoms with Crippen LogP contribution in [-0.2, 0) is 5.41 Å². The fourth-order valence-electron chi connectivity index (χ4n) is 1.32. The van der Waals surface area contributed by atoms with Crippen molar-refractivity contribution in [2.24, 2.45) is 0 Å². The van der Waals surface area contributed by atoms with Crippen molar-refractivity contribution in [3.05, 3.63) is 23.8 Å². The largest absolute Gasteiger partial charge is 0.707 e. The minimum atomic E-state index is -1.85. The smallest absolute Gasteiger partial charge is 0.512 e. The van der Waals surface area contributed by atoms with E-state index in [-0.39, 0.29) is 11.2 Å². The SMILES string of the molecule is CC(C)(C)c1cc(O)ccc1OB(O)O. The Balaban J connectivity index is 3.15. The van der Waals surface area contributed by atoms with Gasteiger partial charge in [0, 0.05) is 5.56 Å². The van der Waals surface area contributed by atoms with E-state index >= 15 is 0 Å². The van der Waals surface area contributed by atoms with Crippen LogP contribution in [0.3, 0.4) is 0 Å². The lowest BCUT2D eigenvalue weighted by atomic mass is 9.86. The molecule has 0 unspecified atom stereocenters. The lowest BCUT2D eigenvalue weighted by molar-refractivity contribution is 0.284. The van der Waals surface area contributed by atoms with Crippen LogP contribution in [0.15, 0.2) is 18.2 Å². The Hall–Kier alpha value is -1.20. The Labute approximate surface area is 89.3 Å². The molecule has 0 radical (unpaired) electrons. The second-order valence-electron chi connectivity index (χ2n) is 4.37. The fourth-order valence-corrected chi connectivity index (χ4v) is 1.32. The second kappa shape index (κ2) is 4.12. The summed E-state index contributed by atoms with van der Waals surface area (Å²) in [5.74, 6) is 0.481. The van der Waals surface area contributed by atoms with E-state index in [0.717, 1.165) is 5.56 Å². The summed E-state index contributed by atoms with van der Waals surface area (Å²) in [6.45, 7) is 5.83. The Kier molecular flexibility index (Phi) is 3.26. The predicted molar refractivity (Wildman–Crippen MR) is 57.6 cm³/mol. The molecule has 0 amide bonds. The molecular weight excluding hydrogens is 195 g/mol. The van der Waals surface area contributed by atoms with Crippen LogP contribution < -0.4 is 4.65 Å². The van der Waals surface area contributed by atoms with Crippen molar-refractivity contribution in [1.82, 2.24) is 0 Å². The summed E-state index contributed by atoms with van der Waals surface area (Å²) in [6.07, 6.45) is 0. The number of benzene rings is 1. The Bertz CT molecular complexity index is 344. The maximum Gasteiger partial charge on any atom is 0.707 e. The van der Waals surface area contributed by atoms with Gasteiger partial charge in [0.1, 0.15) is 11.5 Å². The molecule has 4 nitrogen and oxygen atoms in total. The standard InChI is InChI=1S/C10H15BO4/c1-10(2,3)8-6-7(12)4-5-9(8)15-11(13)14/h4-6,12-14H,1-3H3. The van der Waals surface area contributed by atoms with E-state index in [1.54, 1.807) is 6.07 Å². The van der Waals surface area contributed by atoms with Gasteiger partial charge in [-0.15, -0.1) is 0 Å². The van der Waals surface area contributed by atoms with Crippen LogP contribution in [0, 0.1) is 0 Å². The Morgan fingerprint density at radius 2 is 1.80 bits per heavy atom. The van der Waals surface area contributed by atoms with Crippen molar-refractivity contribution in [2.75, 3.05) is 0 Å². The monoisotopic (exact) mass is 210 g/mol. The number of phenols is 1. The van der Waals surface area contributed by atoms with E-state index in [4.69, 9.17) is 14.7 Å². The van der Waals surface area contributed by atoms with Crippen molar-refractivity contribution >= 4 is 7.32 Å². The molecule has 0 heterocycles. The van der Waals surface area contributed by atoms with Gasteiger partial charge in [-0.25, -0.2) is 0 Å². The molecule has 1 aromatic rings. The number of hydrogen-bond donors (Lipinski definition) is 3. The molecule has 0 aliphatic heterocycles. The zero-order valence-electron chi connectivity index (χ0n) is 9.06. The molecule has 82 valence electrons. The topological polar surface area (TPSA) is 69.9 Å². The molecule has 0 atom stereocenters. The third-order valence-corrected chi connectivity index (χ3v) is 2.00. The highest BCUT2D eigenvalue weighted by Gasteiger charge is 2.22. The zero-order valence-corrected chi connectivity index (χ0v) is 9.06. The van der Waals surface area contributed by atoms with Gasteiger partial charge in [0.2, 0.25) is 0 Å². The van der Waals surface area contributed by atoms with Gasteiger partial charge in [-0.2, -0.15) is 0 Å². The molecule has 0 bridgehead atoms. The average molecular weight is 210 g/mol. The Morgan fingerprint density at radius 3 is 2.27 bits per heavy atom. The van der Waals surface area contributed by atoms with Gasteiger partial charge in [0.25, 0.3) is 0 Å². The van der Waals surface area contributed by atoms with Gasteiger partial charge in [0.05, 0.1) is 0 Å². The minimum absolute atomic E-state index is 0.125. The minimum Gasteiger partial charge on any atom is -0.512 e. The van der Waals surface area contributed by atoms with E-state index in [0.29, 0.717) is 5.75 Å². The number of aromatic hydroxyl groups is 1. The van der Waals surface area contributed by atoms with Crippen LogP contribution in [0.2, 0.25) is 0 Å². The van der Waals surface area contributed by atoms with Crippen molar-refractivity contribution in [2.45, 2.75) is 26.2 Å². The van der Waals surface area contributed by atoms with E-state index < -0.39 is 7.32 Å². The summed E-state index contributed by atoms with van der Waals surface area (Å²) in [4.78, 5) is 0. The first-order valence-electron chi connectivity index (χ1n) is 4.67.